The van der Waals surface area contributed by atoms with Gasteiger partial charge in [-0.3, -0.25) is 4.99 Å². The molecule has 0 unspecified atom stereocenters. The summed E-state index contributed by atoms with van der Waals surface area (Å²) in [5, 5.41) is 9.25. The molecule has 110 valence electrons. The third-order valence-electron chi connectivity index (χ3n) is 3.57. The maximum atomic E-state index is 9.25. The van der Waals surface area contributed by atoms with Crippen molar-refractivity contribution < 1.29 is 5.11 Å². The zero-order valence-electron chi connectivity index (χ0n) is 12.8. The first-order valence-corrected chi connectivity index (χ1v) is 7.58. The van der Waals surface area contributed by atoms with Crippen LogP contribution in [-0.2, 0) is 6.42 Å². The van der Waals surface area contributed by atoms with Crippen molar-refractivity contribution in [3.63, 3.8) is 0 Å². The molecule has 2 rings (SSSR count). The van der Waals surface area contributed by atoms with Crippen molar-refractivity contribution in [3.05, 3.63) is 65.2 Å². The van der Waals surface area contributed by atoms with Gasteiger partial charge in [0.15, 0.2) is 0 Å². The van der Waals surface area contributed by atoms with E-state index in [0.717, 1.165) is 29.8 Å². The summed E-state index contributed by atoms with van der Waals surface area (Å²) >= 11 is 0. The standard InChI is InChI=1S/C19H23NO/c1-3-8-19(20-18-12-7-4-9-15(18)2)17-11-6-5-10-16(17)13-14-21/h4-7,9-12,21H,3,8,13-14H2,1-2H3. The topological polar surface area (TPSA) is 32.6 Å². The number of hydrogen-bond acceptors (Lipinski definition) is 2. The van der Waals surface area contributed by atoms with Crippen molar-refractivity contribution in [2.24, 2.45) is 4.99 Å². The SMILES string of the molecule is CCCC(=Nc1ccccc1C)c1ccccc1CCO. The monoisotopic (exact) mass is 281 g/mol. The minimum absolute atomic E-state index is 0.167. The molecule has 0 atom stereocenters. The van der Waals surface area contributed by atoms with E-state index in [1.807, 2.05) is 24.3 Å². The molecule has 0 spiro atoms. The van der Waals surface area contributed by atoms with Crippen LogP contribution < -0.4 is 0 Å². The first-order valence-electron chi connectivity index (χ1n) is 7.58. The van der Waals surface area contributed by atoms with E-state index in [1.165, 1.54) is 11.1 Å². The lowest BCUT2D eigenvalue weighted by Gasteiger charge is -2.12. The third-order valence-corrected chi connectivity index (χ3v) is 3.57. The van der Waals surface area contributed by atoms with Gasteiger partial charge in [0.05, 0.1) is 5.69 Å². The minimum Gasteiger partial charge on any atom is -0.396 e. The number of para-hydroxylation sites is 1. The molecule has 1 N–H and O–H groups in total. The van der Waals surface area contributed by atoms with Gasteiger partial charge in [0.2, 0.25) is 0 Å². The fourth-order valence-electron chi connectivity index (χ4n) is 2.46. The molecule has 2 aromatic carbocycles. The molecule has 0 saturated carbocycles. The highest BCUT2D eigenvalue weighted by Gasteiger charge is 2.09. The number of aryl methyl sites for hydroxylation is 1. The van der Waals surface area contributed by atoms with Crippen LogP contribution >= 0.6 is 0 Å². The molecule has 0 aliphatic rings. The van der Waals surface area contributed by atoms with Crippen LogP contribution in [-0.4, -0.2) is 17.4 Å². The van der Waals surface area contributed by atoms with Gasteiger partial charge in [-0.2, -0.15) is 0 Å². The Morgan fingerprint density at radius 3 is 2.48 bits per heavy atom. The molecule has 0 amide bonds. The number of benzene rings is 2. The summed E-state index contributed by atoms with van der Waals surface area (Å²) in [5.41, 5.74) is 5.65. The Hall–Kier alpha value is -1.93. The van der Waals surface area contributed by atoms with Gasteiger partial charge >= 0.3 is 0 Å². The lowest BCUT2D eigenvalue weighted by atomic mass is 9.98. The summed E-state index contributed by atoms with van der Waals surface area (Å²) in [6, 6.07) is 16.4. The average molecular weight is 281 g/mol. The number of hydrogen-bond donors (Lipinski definition) is 1. The van der Waals surface area contributed by atoms with Crippen molar-refractivity contribution in [2.45, 2.75) is 33.1 Å². The molecule has 2 aromatic rings. The summed E-state index contributed by atoms with van der Waals surface area (Å²) in [5.74, 6) is 0. The normalized spacial score (nSPS) is 11.7. The van der Waals surface area contributed by atoms with Crippen LogP contribution in [0.1, 0.15) is 36.5 Å². The van der Waals surface area contributed by atoms with E-state index in [-0.39, 0.29) is 6.61 Å². The second-order valence-electron chi connectivity index (χ2n) is 5.23. The highest BCUT2D eigenvalue weighted by molar-refractivity contribution is 6.03. The summed E-state index contributed by atoms with van der Waals surface area (Å²) in [7, 11) is 0. The number of rotatable bonds is 6. The van der Waals surface area contributed by atoms with Crippen LogP contribution in [0.3, 0.4) is 0 Å². The highest BCUT2D eigenvalue weighted by Crippen LogP contribution is 2.22. The van der Waals surface area contributed by atoms with Crippen molar-refractivity contribution in [3.8, 4) is 0 Å². The summed E-state index contributed by atoms with van der Waals surface area (Å²) in [6.07, 6.45) is 2.67. The summed E-state index contributed by atoms with van der Waals surface area (Å²) in [4.78, 5) is 4.90. The zero-order valence-corrected chi connectivity index (χ0v) is 12.8. The van der Waals surface area contributed by atoms with Gasteiger partial charge in [0, 0.05) is 12.3 Å². The van der Waals surface area contributed by atoms with Crippen LogP contribution in [0.15, 0.2) is 53.5 Å². The van der Waals surface area contributed by atoms with Gasteiger partial charge in [0.1, 0.15) is 0 Å². The van der Waals surface area contributed by atoms with Gasteiger partial charge in [-0.05, 0) is 42.5 Å². The van der Waals surface area contributed by atoms with Crippen molar-refractivity contribution >= 4 is 11.4 Å². The molecule has 0 fully saturated rings. The van der Waals surface area contributed by atoms with Crippen LogP contribution in [0, 0.1) is 6.92 Å². The van der Waals surface area contributed by atoms with E-state index < -0.39 is 0 Å². The Kier molecular flexibility index (Phi) is 5.70. The number of aliphatic hydroxyl groups is 1. The van der Waals surface area contributed by atoms with E-state index >= 15 is 0 Å². The Labute approximate surface area is 127 Å². The largest absolute Gasteiger partial charge is 0.396 e. The van der Waals surface area contributed by atoms with E-state index in [4.69, 9.17) is 4.99 Å². The van der Waals surface area contributed by atoms with E-state index in [2.05, 4.69) is 38.1 Å². The molecule has 0 aliphatic heterocycles. The predicted molar refractivity (Wildman–Crippen MR) is 89.5 cm³/mol. The lowest BCUT2D eigenvalue weighted by Crippen LogP contribution is -2.06. The van der Waals surface area contributed by atoms with Gasteiger partial charge in [-0.1, -0.05) is 55.8 Å². The lowest BCUT2D eigenvalue weighted by molar-refractivity contribution is 0.299. The number of aliphatic imine (C=N–C) groups is 1. The van der Waals surface area contributed by atoms with E-state index in [0.29, 0.717) is 6.42 Å². The first kappa shape index (κ1) is 15.5. The average Bonchev–Trinajstić information content (AvgIpc) is 2.50. The van der Waals surface area contributed by atoms with Crippen LogP contribution in [0.5, 0.6) is 0 Å². The third kappa shape index (κ3) is 4.02. The van der Waals surface area contributed by atoms with Gasteiger partial charge in [-0.25, -0.2) is 0 Å². The summed E-state index contributed by atoms with van der Waals surface area (Å²) < 4.78 is 0. The first-order chi connectivity index (χ1) is 10.3. The van der Waals surface area contributed by atoms with Crippen molar-refractivity contribution in [1.29, 1.82) is 0 Å². The maximum Gasteiger partial charge on any atom is 0.0662 e. The van der Waals surface area contributed by atoms with Gasteiger partial charge in [0.25, 0.3) is 0 Å². The van der Waals surface area contributed by atoms with Gasteiger partial charge < -0.3 is 5.11 Å². The van der Waals surface area contributed by atoms with Crippen LogP contribution in [0.4, 0.5) is 5.69 Å². The molecule has 21 heavy (non-hydrogen) atoms. The fourth-order valence-corrected chi connectivity index (χ4v) is 2.46. The van der Waals surface area contributed by atoms with E-state index in [1.54, 1.807) is 0 Å². The Balaban J connectivity index is 2.46. The molecule has 0 aromatic heterocycles. The molecule has 0 radical (unpaired) electrons. The highest BCUT2D eigenvalue weighted by atomic mass is 16.2. The Bertz CT molecular complexity index is 616. The van der Waals surface area contributed by atoms with Crippen LogP contribution in [0.2, 0.25) is 0 Å². The Morgan fingerprint density at radius 1 is 1.05 bits per heavy atom. The van der Waals surface area contributed by atoms with Crippen molar-refractivity contribution in [1.82, 2.24) is 0 Å². The van der Waals surface area contributed by atoms with Crippen LogP contribution in [0.25, 0.3) is 0 Å². The Morgan fingerprint density at radius 2 is 1.76 bits per heavy atom. The summed E-state index contributed by atoms with van der Waals surface area (Å²) in [6.45, 7) is 4.42. The minimum atomic E-state index is 0.167. The maximum absolute atomic E-state index is 9.25. The fraction of sp³-hybridized carbons (Fsp3) is 0.316. The zero-order chi connectivity index (χ0) is 15.1. The molecule has 2 nitrogen and oxygen atoms in total. The molecular formula is C19H23NO. The molecule has 0 bridgehead atoms. The second kappa shape index (κ2) is 7.75. The van der Waals surface area contributed by atoms with E-state index in [9.17, 15) is 5.11 Å². The van der Waals surface area contributed by atoms with Gasteiger partial charge in [-0.15, -0.1) is 0 Å². The molecule has 0 heterocycles. The second-order valence-corrected chi connectivity index (χ2v) is 5.23. The molecule has 0 aliphatic carbocycles. The number of aliphatic hydroxyl groups excluding tert-OH is 1. The smallest absolute Gasteiger partial charge is 0.0662 e. The molecule has 2 heteroatoms. The predicted octanol–water partition coefficient (Wildman–Crippen LogP) is 4.45. The quantitative estimate of drug-likeness (QED) is 0.779. The number of nitrogens with zero attached hydrogens (tertiary/aromatic N) is 1. The molecular weight excluding hydrogens is 258 g/mol. The van der Waals surface area contributed by atoms with Crippen molar-refractivity contribution in [2.75, 3.05) is 6.61 Å². The molecule has 0 saturated heterocycles.